The molecule has 46 heavy (non-hydrogen) atoms. The standard InChI is InChI=1S/C35H51BN4O6/c1-34(2)25-17-28(34)35(3)29(18-25)45-36(46-35)30-15-9-7-5-4-6-8-12-16-37-32(42)40-22-26(19-27(40)31(41)38-30)44-33(43)39-20-23-13-10-11-14-24(23)21-39/h10-11,13-14,25-30H,4-9,12,15-22H2,1-3H3,(H,37,42)(H,38,41)/t25-,26+,27-,28-,29?,30-,35+/m0/s1. The number of hydrogen-bond donors (Lipinski definition) is 2. The number of nitrogens with zero attached hydrogens (tertiary/aromatic N) is 2. The zero-order valence-corrected chi connectivity index (χ0v) is 27.8. The monoisotopic (exact) mass is 634 g/mol. The van der Waals surface area contributed by atoms with Crippen molar-refractivity contribution in [3.05, 3.63) is 35.4 Å². The molecule has 4 heterocycles. The van der Waals surface area contributed by atoms with Crippen LogP contribution < -0.4 is 10.6 Å². The molecule has 2 N–H and O–H groups in total. The Morgan fingerprint density at radius 3 is 2.37 bits per heavy atom. The molecule has 4 amide bonds. The van der Waals surface area contributed by atoms with Crippen molar-refractivity contribution in [1.82, 2.24) is 20.4 Å². The van der Waals surface area contributed by atoms with E-state index in [1.165, 1.54) is 12.8 Å². The molecule has 8 rings (SSSR count). The normalized spacial score (nSPS) is 36.2. The van der Waals surface area contributed by atoms with Crippen LogP contribution >= 0.6 is 0 Å². The van der Waals surface area contributed by atoms with Crippen LogP contribution in [0.1, 0.15) is 103 Å². The van der Waals surface area contributed by atoms with Gasteiger partial charge in [-0.05, 0) is 61.0 Å². The Labute approximate surface area is 273 Å². The third-order valence-electron chi connectivity index (χ3n) is 12.3. The van der Waals surface area contributed by atoms with Gasteiger partial charge in [-0.2, -0.15) is 0 Å². The Kier molecular flexibility index (Phi) is 8.76. The van der Waals surface area contributed by atoms with Crippen LogP contribution in [0.3, 0.4) is 0 Å². The molecule has 0 spiro atoms. The molecule has 7 aliphatic rings. The maximum Gasteiger partial charge on any atom is 0.481 e. The van der Waals surface area contributed by atoms with Crippen molar-refractivity contribution in [1.29, 1.82) is 0 Å². The molecule has 6 fully saturated rings. The van der Waals surface area contributed by atoms with E-state index in [1.807, 2.05) is 24.3 Å². The van der Waals surface area contributed by atoms with Gasteiger partial charge in [-0.25, -0.2) is 9.59 Å². The second-order valence-corrected chi connectivity index (χ2v) is 15.5. The summed E-state index contributed by atoms with van der Waals surface area (Å²) in [4.78, 5) is 44.0. The number of urea groups is 1. The van der Waals surface area contributed by atoms with Crippen LogP contribution in [0.5, 0.6) is 0 Å². The third kappa shape index (κ3) is 5.91. The van der Waals surface area contributed by atoms with Crippen LogP contribution in [0, 0.1) is 17.3 Å². The number of ether oxygens (including phenoxy) is 1. The largest absolute Gasteiger partial charge is 0.481 e. The topological polar surface area (TPSA) is 109 Å². The summed E-state index contributed by atoms with van der Waals surface area (Å²) in [6, 6.07) is 6.96. The average Bonchev–Trinajstić information content (AvgIpc) is 3.75. The molecule has 3 saturated carbocycles. The van der Waals surface area contributed by atoms with E-state index in [0.29, 0.717) is 31.5 Å². The average molecular weight is 635 g/mol. The Bertz CT molecular complexity index is 1300. The van der Waals surface area contributed by atoms with Crippen LogP contribution in [0.2, 0.25) is 0 Å². The molecular formula is C35H51BN4O6. The molecular weight excluding hydrogens is 583 g/mol. The van der Waals surface area contributed by atoms with Gasteiger partial charge in [-0.3, -0.25) is 9.69 Å². The minimum Gasteiger partial charge on any atom is -0.444 e. The molecule has 3 aliphatic carbocycles. The van der Waals surface area contributed by atoms with E-state index in [0.717, 1.165) is 62.5 Å². The highest BCUT2D eigenvalue weighted by molar-refractivity contribution is 6.47. The molecule has 7 atom stereocenters. The summed E-state index contributed by atoms with van der Waals surface area (Å²) in [5.41, 5.74) is 2.10. The van der Waals surface area contributed by atoms with Crippen LogP contribution in [0.4, 0.5) is 9.59 Å². The third-order valence-corrected chi connectivity index (χ3v) is 12.3. The summed E-state index contributed by atoms with van der Waals surface area (Å²) in [6.07, 6.45) is 9.72. The number of amides is 4. The van der Waals surface area contributed by atoms with E-state index in [-0.39, 0.29) is 48.0 Å². The number of fused-ring (bicyclic) bond motifs is 2. The molecule has 0 radical (unpaired) electrons. The maximum absolute atomic E-state index is 14.1. The number of carbonyl (C=O) groups is 3. The summed E-state index contributed by atoms with van der Waals surface area (Å²) in [5, 5.41) is 6.31. The fourth-order valence-corrected chi connectivity index (χ4v) is 9.33. The lowest BCUT2D eigenvalue weighted by Gasteiger charge is -2.64. The lowest BCUT2D eigenvalue weighted by molar-refractivity contribution is -0.199. The van der Waals surface area contributed by atoms with Gasteiger partial charge in [0.25, 0.3) is 0 Å². The highest BCUT2D eigenvalue weighted by Crippen LogP contribution is 2.65. The van der Waals surface area contributed by atoms with Crippen molar-refractivity contribution in [3.8, 4) is 0 Å². The minimum absolute atomic E-state index is 0.0285. The number of nitrogens with one attached hydrogen (secondary N) is 2. The summed E-state index contributed by atoms with van der Waals surface area (Å²) >= 11 is 0. The van der Waals surface area contributed by atoms with Crippen LogP contribution in [0.25, 0.3) is 0 Å². The van der Waals surface area contributed by atoms with Crippen molar-refractivity contribution in [3.63, 3.8) is 0 Å². The highest BCUT2D eigenvalue weighted by Gasteiger charge is 2.68. The molecule has 1 unspecified atom stereocenters. The molecule has 10 nitrogen and oxygen atoms in total. The number of carbonyl (C=O) groups excluding carboxylic acids is 3. The molecule has 250 valence electrons. The van der Waals surface area contributed by atoms with Gasteiger partial charge in [0.15, 0.2) is 0 Å². The SMILES string of the molecule is CC1(C)[C@@H]2CC3OB([C@@H]4CCCCCCCCCNC(=O)N5C[C@H](OC(=O)N6Cc7ccccc7C6)C[C@H]5C(=O)N4)O[C@]3(C)[C@H]1C2. The predicted octanol–water partition coefficient (Wildman–Crippen LogP) is 5.18. The second kappa shape index (κ2) is 12.7. The second-order valence-electron chi connectivity index (χ2n) is 15.5. The van der Waals surface area contributed by atoms with E-state index >= 15 is 0 Å². The zero-order valence-electron chi connectivity index (χ0n) is 27.8. The molecule has 3 saturated heterocycles. The summed E-state index contributed by atoms with van der Waals surface area (Å²) in [7, 11) is -0.526. The summed E-state index contributed by atoms with van der Waals surface area (Å²) < 4.78 is 19.4. The Balaban J connectivity index is 1.06. The van der Waals surface area contributed by atoms with Crippen molar-refractivity contribution in [2.24, 2.45) is 17.3 Å². The lowest BCUT2D eigenvalue weighted by Crippen LogP contribution is -2.65. The molecule has 1 aromatic carbocycles. The van der Waals surface area contributed by atoms with Gasteiger partial charge in [0.2, 0.25) is 5.91 Å². The predicted molar refractivity (Wildman–Crippen MR) is 173 cm³/mol. The first-order valence-electron chi connectivity index (χ1n) is 17.8. The summed E-state index contributed by atoms with van der Waals surface area (Å²) in [6.45, 7) is 8.64. The van der Waals surface area contributed by atoms with Crippen LogP contribution in [-0.4, -0.2) is 77.8 Å². The van der Waals surface area contributed by atoms with Gasteiger partial charge >= 0.3 is 19.2 Å². The van der Waals surface area contributed by atoms with E-state index in [4.69, 9.17) is 14.0 Å². The first-order chi connectivity index (χ1) is 22.1. The van der Waals surface area contributed by atoms with Crippen molar-refractivity contribution in [2.75, 3.05) is 13.1 Å². The quantitative estimate of drug-likeness (QED) is 0.435. The molecule has 2 bridgehead atoms. The van der Waals surface area contributed by atoms with E-state index in [1.54, 1.807) is 9.80 Å². The smallest absolute Gasteiger partial charge is 0.444 e. The minimum atomic E-state index is -0.755. The fourth-order valence-electron chi connectivity index (χ4n) is 9.33. The van der Waals surface area contributed by atoms with E-state index in [2.05, 4.69) is 31.4 Å². The summed E-state index contributed by atoms with van der Waals surface area (Å²) in [5.74, 6) is 0.516. The Morgan fingerprint density at radius 2 is 1.65 bits per heavy atom. The van der Waals surface area contributed by atoms with Gasteiger partial charge in [-0.1, -0.05) is 76.6 Å². The number of rotatable bonds is 2. The molecule has 4 aliphatic heterocycles. The van der Waals surface area contributed by atoms with E-state index < -0.39 is 25.4 Å². The Hall–Kier alpha value is -2.79. The van der Waals surface area contributed by atoms with Crippen LogP contribution in [0.15, 0.2) is 24.3 Å². The fraction of sp³-hybridized carbons (Fsp3) is 0.743. The van der Waals surface area contributed by atoms with Crippen molar-refractivity contribution >= 4 is 25.1 Å². The Morgan fingerprint density at radius 1 is 0.957 bits per heavy atom. The number of hydrogen-bond acceptors (Lipinski definition) is 6. The van der Waals surface area contributed by atoms with Gasteiger partial charge in [-0.15, -0.1) is 0 Å². The van der Waals surface area contributed by atoms with Crippen LogP contribution in [-0.2, 0) is 31.9 Å². The van der Waals surface area contributed by atoms with Gasteiger partial charge in [0.05, 0.1) is 24.2 Å². The molecule has 1 aromatic rings. The number of benzene rings is 1. The highest BCUT2D eigenvalue weighted by atomic mass is 16.7. The maximum atomic E-state index is 14.1. The lowest BCUT2D eigenvalue weighted by atomic mass is 9.43. The van der Waals surface area contributed by atoms with Gasteiger partial charge in [0, 0.05) is 26.1 Å². The van der Waals surface area contributed by atoms with Crippen molar-refractivity contribution in [2.45, 2.75) is 134 Å². The first-order valence-corrected chi connectivity index (χ1v) is 17.8. The van der Waals surface area contributed by atoms with Gasteiger partial charge < -0.3 is 29.6 Å². The molecule has 0 aromatic heterocycles. The van der Waals surface area contributed by atoms with Crippen molar-refractivity contribution < 1.29 is 28.4 Å². The molecule has 11 heteroatoms. The van der Waals surface area contributed by atoms with E-state index in [9.17, 15) is 14.4 Å². The van der Waals surface area contributed by atoms with Gasteiger partial charge in [0.1, 0.15) is 12.1 Å². The first kappa shape index (κ1) is 31.8. The zero-order chi connectivity index (χ0) is 32.1.